The molecular weight excluding hydrogens is 246 g/mol. The largest absolute Gasteiger partial charge is 0.494 e. The van der Waals surface area contributed by atoms with E-state index < -0.39 is 0 Å². The Labute approximate surface area is 113 Å². The molecule has 18 heavy (non-hydrogen) atoms. The minimum absolute atomic E-state index is 0.0137. The lowest BCUT2D eigenvalue weighted by molar-refractivity contribution is 0.267. The van der Waals surface area contributed by atoms with Crippen LogP contribution >= 0.6 is 11.8 Å². The number of nitrogens with one attached hydrogen (secondary N) is 1. The van der Waals surface area contributed by atoms with Crippen LogP contribution in [0.5, 0.6) is 5.75 Å². The summed E-state index contributed by atoms with van der Waals surface area (Å²) in [4.78, 5) is 0. The molecular formula is C14H21NO2S. The molecule has 1 aromatic carbocycles. The second-order valence-electron chi connectivity index (χ2n) is 4.53. The molecule has 100 valence electrons. The second kappa shape index (κ2) is 6.34. The third kappa shape index (κ3) is 3.12. The van der Waals surface area contributed by atoms with E-state index in [0.29, 0.717) is 17.9 Å². The zero-order valence-electron chi connectivity index (χ0n) is 11.0. The van der Waals surface area contributed by atoms with Gasteiger partial charge in [-0.25, -0.2) is 0 Å². The summed E-state index contributed by atoms with van der Waals surface area (Å²) < 4.78 is 5.48. The first-order chi connectivity index (χ1) is 8.74. The molecule has 4 heteroatoms. The maximum Gasteiger partial charge on any atom is 0.124 e. The summed E-state index contributed by atoms with van der Waals surface area (Å²) in [6, 6.07) is 6.48. The van der Waals surface area contributed by atoms with Gasteiger partial charge in [-0.2, -0.15) is 11.8 Å². The number of aliphatic hydroxyl groups is 1. The fraction of sp³-hybridized carbons (Fsp3) is 0.571. The molecule has 0 aliphatic carbocycles. The minimum atomic E-state index is 0.0137. The van der Waals surface area contributed by atoms with Gasteiger partial charge in [-0.3, -0.25) is 0 Å². The highest BCUT2D eigenvalue weighted by atomic mass is 32.2. The van der Waals surface area contributed by atoms with Crippen LogP contribution in [-0.2, 0) is 6.61 Å². The lowest BCUT2D eigenvalue weighted by Gasteiger charge is -2.19. The van der Waals surface area contributed by atoms with Gasteiger partial charge in [-0.05, 0) is 37.3 Å². The van der Waals surface area contributed by atoms with Crippen LogP contribution < -0.4 is 10.1 Å². The number of benzene rings is 1. The van der Waals surface area contributed by atoms with Crippen molar-refractivity contribution >= 4 is 17.4 Å². The first kappa shape index (κ1) is 13.6. The number of hydrogen-bond acceptors (Lipinski definition) is 4. The van der Waals surface area contributed by atoms with E-state index >= 15 is 0 Å². The highest BCUT2D eigenvalue weighted by Gasteiger charge is 2.23. The first-order valence-corrected chi connectivity index (χ1v) is 7.54. The van der Waals surface area contributed by atoms with Crippen molar-refractivity contribution in [1.82, 2.24) is 0 Å². The van der Waals surface area contributed by atoms with Gasteiger partial charge in [0.2, 0.25) is 0 Å². The standard InChI is InChI=1S/C14H21NO2S/c1-3-17-14-5-4-12(8-11(14)9-16)15-13-6-7-18-10(13)2/h4-5,8,10,13,15-16H,3,6-7,9H2,1-2H3. The fourth-order valence-corrected chi connectivity index (χ4v) is 3.42. The molecule has 2 N–H and O–H groups in total. The smallest absolute Gasteiger partial charge is 0.124 e. The lowest BCUT2D eigenvalue weighted by atomic mass is 10.1. The fourth-order valence-electron chi connectivity index (χ4n) is 2.22. The van der Waals surface area contributed by atoms with Crippen LogP contribution in [-0.4, -0.2) is 28.8 Å². The van der Waals surface area contributed by atoms with Crippen molar-refractivity contribution < 1.29 is 9.84 Å². The van der Waals surface area contributed by atoms with Crippen molar-refractivity contribution in [3.8, 4) is 5.75 Å². The van der Waals surface area contributed by atoms with Crippen LogP contribution in [0, 0.1) is 0 Å². The molecule has 0 radical (unpaired) electrons. The van der Waals surface area contributed by atoms with Crippen molar-refractivity contribution in [1.29, 1.82) is 0 Å². The Balaban J connectivity index is 2.09. The van der Waals surface area contributed by atoms with E-state index in [1.54, 1.807) is 0 Å². The van der Waals surface area contributed by atoms with Gasteiger partial charge in [0.25, 0.3) is 0 Å². The topological polar surface area (TPSA) is 41.5 Å². The van der Waals surface area contributed by atoms with E-state index in [2.05, 4.69) is 12.2 Å². The summed E-state index contributed by atoms with van der Waals surface area (Å²) >= 11 is 2.01. The van der Waals surface area contributed by atoms with Crippen LogP contribution in [0.15, 0.2) is 18.2 Å². The number of thioether (sulfide) groups is 1. The highest BCUT2D eigenvalue weighted by molar-refractivity contribution is 8.00. The Morgan fingerprint density at radius 1 is 1.50 bits per heavy atom. The normalized spacial score (nSPS) is 23.1. The van der Waals surface area contributed by atoms with Gasteiger partial charge in [0, 0.05) is 22.5 Å². The van der Waals surface area contributed by atoms with Crippen molar-refractivity contribution in [2.75, 3.05) is 17.7 Å². The van der Waals surface area contributed by atoms with E-state index in [1.807, 2.05) is 36.9 Å². The molecule has 1 aromatic rings. The van der Waals surface area contributed by atoms with Crippen LogP contribution in [0.4, 0.5) is 5.69 Å². The molecule has 2 rings (SSSR count). The zero-order valence-corrected chi connectivity index (χ0v) is 11.8. The average molecular weight is 267 g/mol. The van der Waals surface area contributed by atoms with Gasteiger partial charge in [0.05, 0.1) is 13.2 Å². The summed E-state index contributed by atoms with van der Waals surface area (Å²) in [7, 11) is 0. The van der Waals surface area contributed by atoms with Gasteiger partial charge in [0.15, 0.2) is 0 Å². The van der Waals surface area contributed by atoms with Gasteiger partial charge in [-0.1, -0.05) is 6.92 Å². The Morgan fingerprint density at radius 2 is 2.33 bits per heavy atom. The van der Waals surface area contributed by atoms with E-state index in [0.717, 1.165) is 17.0 Å². The molecule has 0 saturated carbocycles. The molecule has 1 aliphatic rings. The van der Waals surface area contributed by atoms with Crippen LogP contribution in [0.25, 0.3) is 0 Å². The summed E-state index contributed by atoms with van der Waals surface area (Å²) in [5, 5.41) is 13.6. The number of hydrogen-bond donors (Lipinski definition) is 2. The maximum atomic E-state index is 9.37. The molecule has 0 bridgehead atoms. The molecule has 2 atom stereocenters. The third-order valence-electron chi connectivity index (χ3n) is 3.26. The molecule has 0 spiro atoms. The summed E-state index contributed by atoms with van der Waals surface area (Å²) in [6.07, 6.45) is 1.20. The Bertz CT molecular complexity index is 397. The van der Waals surface area contributed by atoms with Crippen LogP contribution in [0.1, 0.15) is 25.8 Å². The SMILES string of the molecule is CCOc1ccc(NC2CCSC2C)cc1CO. The van der Waals surface area contributed by atoms with Gasteiger partial charge >= 0.3 is 0 Å². The van der Waals surface area contributed by atoms with Crippen LogP contribution in [0.3, 0.4) is 0 Å². The van der Waals surface area contributed by atoms with Gasteiger partial charge in [0.1, 0.15) is 5.75 Å². The van der Waals surface area contributed by atoms with Crippen molar-refractivity contribution in [3.05, 3.63) is 23.8 Å². The van der Waals surface area contributed by atoms with Crippen molar-refractivity contribution in [2.24, 2.45) is 0 Å². The quantitative estimate of drug-likeness (QED) is 0.861. The Kier molecular flexibility index (Phi) is 4.78. The molecule has 0 aromatic heterocycles. The number of rotatable bonds is 5. The number of anilines is 1. The second-order valence-corrected chi connectivity index (χ2v) is 6.01. The van der Waals surface area contributed by atoms with Gasteiger partial charge < -0.3 is 15.2 Å². The van der Waals surface area contributed by atoms with Crippen molar-refractivity contribution in [3.63, 3.8) is 0 Å². The molecule has 0 amide bonds. The van der Waals surface area contributed by atoms with Crippen molar-refractivity contribution in [2.45, 2.75) is 38.2 Å². The molecule has 1 saturated heterocycles. The van der Waals surface area contributed by atoms with E-state index in [1.165, 1.54) is 12.2 Å². The first-order valence-electron chi connectivity index (χ1n) is 6.49. The van der Waals surface area contributed by atoms with E-state index in [-0.39, 0.29) is 6.61 Å². The molecule has 1 fully saturated rings. The van der Waals surface area contributed by atoms with Gasteiger partial charge in [-0.15, -0.1) is 0 Å². The van der Waals surface area contributed by atoms with E-state index in [4.69, 9.17) is 4.74 Å². The Hall–Kier alpha value is -0.870. The summed E-state index contributed by atoms with van der Waals surface area (Å²) in [6.45, 7) is 4.84. The maximum absolute atomic E-state index is 9.37. The predicted molar refractivity (Wildman–Crippen MR) is 77.5 cm³/mol. The number of ether oxygens (including phenoxy) is 1. The highest BCUT2D eigenvalue weighted by Crippen LogP contribution is 2.30. The number of aliphatic hydroxyl groups excluding tert-OH is 1. The molecule has 2 unspecified atom stereocenters. The molecule has 1 heterocycles. The average Bonchev–Trinajstić information content (AvgIpc) is 2.77. The van der Waals surface area contributed by atoms with Crippen LogP contribution in [0.2, 0.25) is 0 Å². The molecule has 1 aliphatic heterocycles. The third-order valence-corrected chi connectivity index (χ3v) is 4.58. The zero-order chi connectivity index (χ0) is 13.0. The van der Waals surface area contributed by atoms with E-state index in [9.17, 15) is 5.11 Å². The lowest BCUT2D eigenvalue weighted by Crippen LogP contribution is -2.24. The summed E-state index contributed by atoms with van der Waals surface area (Å²) in [5.41, 5.74) is 1.92. The Morgan fingerprint density at radius 3 is 2.94 bits per heavy atom. The minimum Gasteiger partial charge on any atom is -0.494 e. The molecule has 3 nitrogen and oxygen atoms in total. The predicted octanol–water partition coefficient (Wildman–Crippen LogP) is 2.88. The summed E-state index contributed by atoms with van der Waals surface area (Å²) in [5.74, 6) is 2.00. The monoisotopic (exact) mass is 267 g/mol.